The van der Waals surface area contributed by atoms with Gasteiger partial charge in [-0.15, -0.1) is 5.10 Å². The lowest BCUT2D eigenvalue weighted by molar-refractivity contribution is -0.119. The van der Waals surface area contributed by atoms with E-state index in [9.17, 15) is 14.4 Å². The molecule has 3 rings (SSSR count). The number of thioether (sulfide) groups is 1. The van der Waals surface area contributed by atoms with Crippen molar-refractivity contribution < 1.29 is 9.59 Å². The highest BCUT2D eigenvalue weighted by molar-refractivity contribution is 8.00. The number of aryl methyl sites for hydroxylation is 1. The predicted molar refractivity (Wildman–Crippen MR) is 112 cm³/mol. The molecule has 0 saturated heterocycles. The van der Waals surface area contributed by atoms with Crippen LogP contribution in [0.4, 0.5) is 4.79 Å². The van der Waals surface area contributed by atoms with Gasteiger partial charge in [0.05, 0.1) is 5.25 Å². The van der Waals surface area contributed by atoms with E-state index in [0.717, 1.165) is 43.0 Å². The van der Waals surface area contributed by atoms with Crippen LogP contribution in [0.3, 0.4) is 0 Å². The monoisotopic (exact) mass is 417 g/mol. The number of amides is 3. The first-order chi connectivity index (χ1) is 14.0. The third-order valence-electron chi connectivity index (χ3n) is 5.02. The summed E-state index contributed by atoms with van der Waals surface area (Å²) in [5.74, 6) is -0.409. The van der Waals surface area contributed by atoms with Gasteiger partial charge in [0.25, 0.3) is 0 Å². The molecule has 1 aliphatic rings. The highest BCUT2D eigenvalue weighted by Crippen LogP contribution is 2.20. The second-order valence-electron chi connectivity index (χ2n) is 7.26. The van der Waals surface area contributed by atoms with E-state index in [0.29, 0.717) is 18.1 Å². The fourth-order valence-corrected chi connectivity index (χ4v) is 4.25. The van der Waals surface area contributed by atoms with E-state index in [1.807, 2.05) is 30.3 Å². The highest BCUT2D eigenvalue weighted by atomic mass is 32.2. The molecule has 1 aromatic carbocycles. The van der Waals surface area contributed by atoms with Crippen LogP contribution in [0.15, 0.2) is 40.3 Å². The van der Waals surface area contributed by atoms with Gasteiger partial charge >= 0.3 is 11.7 Å². The number of hydrogen-bond donors (Lipinski definition) is 3. The minimum Gasteiger partial charge on any atom is -0.335 e. The summed E-state index contributed by atoms with van der Waals surface area (Å²) in [5, 5.41) is 11.6. The molecular formula is C20H27N5O3S. The van der Waals surface area contributed by atoms with E-state index >= 15 is 0 Å². The van der Waals surface area contributed by atoms with E-state index in [-0.39, 0.29) is 11.7 Å². The Morgan fingerprint density at radius 3 is 2.69 bits per heavy atom. The van der Waals surface area contributed by atoms with Crippen molar-refractivity contribution >= 4 is 23.7 Å². The number of nitrogens with one attached hydrogen (secondary N) is 3. The van der Waals surface area contributed by atoms with Gasteiger partial charge in [0.1, 0.15) is 0 Å². The molecule has 29 heavy (non-hydrogen) atoms. The molecule has 1 atom stereocenters. The first kappa shape index (κ1) is 21.2. The quantitative estimate of drug-likeness (QED) is 0.600. The lowest BCUT2D eigenvalue weighted by Crippen LogP contribution is -2.47. The van der Waals surface area contributed by atoms with Crippen LogP contribution in [0.25, 0.3) is 0 Å². The van der Waals surface area contributed by atoms with Crippen molar-refractivity contribution in [2.24, 2.45) is 0 Å². The Bertz CT molecular complexity index is 874. The Balaban J connectivity index is 1.53. The van der Waals surface area contributed by atoms with Crippen LogP contribution >= 0.6 is 11.8 Å². The van der Waals surface area contributed by atoms with Gasteiger partial charge in [-0.25, -0.2) is 14.7 Å². The zero-order chi connectivity index (χ0) is 20.6. The number of carbonyl (C=O) groups is 2. The lowest BCUT2D eigenvalue weighted by Gasteiger charge is -2.23. The van der Waals surface area contributed by atoms with Gasteiger partial charge in [0.15, 0.2) is 5.16 Å². The normalized spacial score (nSPS) is 15.6. The van der Waals surface area contributed by atoms with Crippen LogP contribution in [0.2, 0.25) is 0 Å². The minimum atomic E-state index is -0.571. The Morgan fingerprint density at radius 1 is 1.24 bits per heavy atom. The highest BCUT2D eigenvalue weighted by Gasteiger charge is 2.22. The lowest BCUT2D eigenvalue weighted by atomic mass is 9.96. The molecule has 1 unspecified atom stereocenters. The van der Waals surface area contributed by atoms with Crippen molar-refractivity contribution in [1.29, 1.82) is 0 Å². The van der Waals surface area contributed by atoms with Crippen molar-refractivity contribution in [3.63, 3.8) is 0 Å². The van der Waals surface area contributed by atoms with Crippen LogP contribution < -0.4 is 16.3 Å². The van der Waals surface area contributed by atoms with Crippen molar-refractivity contribution in [2.45, 2.75) is 68.4 Å². The average molecular weight is 418 g/mol. The zero-order valence-electron chi connectivity index (χ0n) is 16.5. The largest absolute Gasteiger partial charge is 0.343 e. The van der Waals surface area contributed by atoms with E-state index in [4.69, 9.17) is 0 Å². The number of benzene rings is 1. The first-order valence-corrected chi connectivity index (χ1v) is 10.9. The molecule has 2 aromatic rings. The number of rotatable bonds is 7. The summed E-state index contributed by atoms with van der Waals surface area (Å²) in [7, 11) is 0. The number of urea groups is 1. The van der Waals surface area contributed by atoms with E-state index in [1.54, 1.807) is 6.92 Å². The summed E-state index contributed by atoms with van der Waals surface area (Å²) in [6.07, 6.45) is 5.98. The van der Waals surface area contributed by atoms with Crippen LogP contribution in [-0.4, -0.2) is 38.0 Å². The average Bonchev–Trinajstić information content (AvgIpc) is 3.07. The molecule has 156 valence electrons. The summed E-state index contributed by atoms with van der Waals surface area (Å²) in [5.41, 5.74) is 0.799. The topological polar surface area (TPSA) is 109 Å². The molecule has 0 aliphatic heterocycles. The molecule has 0 bridgehead atoms. The summed E-state index contributed by atoms with van der Waals surface area (Å²) in [4.78, 5) is 36.5. The van der Waals surface area contributed by atoms with Gasteiger partial charge in [-0.2, -0.15) is 0 Å². The Labute approximate surface area is 173 Å². The second-order valence-corrected chi connectivity index (χ2v) is 8.56. The first-order valence-electron chi connectivity index (χ1n) is 10.00. The van der Waals surface area contributed by atoms with Crippen molar-refractivity contribution in [2.75, 3.05) is 0 Å². The molecule has 1 aliphatic carbocycles. The molecule has 0 radical (unpaired) electrons. The number of H-pyrrole nitrogens is 1. The molecule has 8 nitrogen and oxygen atoms in total. The third kappa shape index (κ3) is 6.22. The van der Waals surface area contributed by atoms with E-state index < -0.39 is 17.2 Å². The number of carbonyl (C=O) groups excluding carboxylic acids is 2. The molecule has 1 fully saturated rings. The number of nitrogens with zero attached hydrogens (tertiary/aromatic N) is 2. The molecule has 3 N–H and O–H groups in total. The van der Waals surface area contributed by atoms with E-state index in [2.05, 4.69) is 20.8 Å². The number of hydrogen-bond acceptors (Lipinski definition) is 5. The van der Waals surface area contributed by atoms with Crippen LogP contribution in [-0.2, 0) is 17.8 Å². The molecule has 9 heteroatoms. The maximum absolute atomic E-state index is 12.4. The maximum Gasteiger partial charge on any atom is 0.343 e. The van der Waals surface area contributed by atoms with Crippen LogP contribution in [0, 0.1) is 0 Å². The predicted octanol–water partition coefficient (Wildman–Crippen LogP) is 2.45. The zero-order valence-corrected chi connectivity index (χ0v) is 17.3. The fourth-order valence-electron chi connectivity index (χ4n) is 3.37. The van der Waals surface area contributed by atoms with Gasteiger partial charge in [-0.1, -0.05) is 61.4 Å². The number of imide groups is 1. The SMILES string of the molecule is CC(Sc1n[nH]c(=O)n1CCc1ccccc1)C(=O)NC(=O)NC1CCCCC1. The number of aromatic amines is 1. The maximum atomic E-state index is 12.4. The summed E-state index contributed by atoms with van der Waals surface area (Å²) in [6, 6.07) is 9.52. The second kappa shape index (κ2) is 10.3. The Kier molecular flexibility index (Phi) is 7.51. The standard InChI is InChI=1S/C20H27N5O3S/c1-14(17(26)22-18(27)21-16-10-6-3-7-11-16)29-20-24-23-19(28)25(20)13-12-15-8-4-2-5-9-15/h2,4-5,8-9,14,16H,3,6-7,10-13H2,1H3,(H,23,28)(H2,21,22,26,27). The fraction of sp³-hybridized carbons (Fsp3) is 0.500. The van der Waals surface area contributed by atoms with Gasteiger partial charge in [-0.3, -0.25) is 14.7 Å². The minimum absolute atomic E-state index is 0.133. The summed E-state index contributed by atoms with van der Waals surface area (Å²) in [6.45, 7) is 2.15. The number of aromatic nitrogens is 3. The van der Waals surface area contributed by atoms with Crippen LogP contribution in [0.5, 0.6) is 0 Å². The van der Waals surface area contributed by atoms with Gasteiger partial charge in [-0.05, 0) is 31.7 Å². The Hall–Kier alpha value is -2.55. The molecule has 1 saturated carbocycles. The summed E-state index contributed by atoms with van der Waals surface area (Å²) < 4.78 is 1.52. The molecule has 0 spiro atoms. The molecule has 1 aromatic heterocycles. The smallest absolute Gasteiger partial charge is 0.335 e. The van der Waals surface area contributed by atoms with E-state index in [1.165, 1.54) is 11.0 Å². The van der Waals surface area contributed by atoms with Crippen LogP contribution in [0.1, 0.15) is 44.6 Å². The van der Waals surface area contributed by atoms with Crippen molar-refractivity contribution in [1.82, 2.24) is 25.4 Å². The molecule has 3 amide bonds. The van der Waals surface area contributed by atoms with Crippen molar-refractivity contribution in [3.05, 3.63) is 46.4 Å². The van der Waals surface area contributed by atoms with Gasteiger partial charge in [0.2, 0.25) is 5.91 Å². The van der Waals surface area contributed by atoms with Gasteiger partial charge < -0.3 is 5.32 Å². The van der Waals surface area contributed by atoms with Gasteiger partial charge in [0, 0.05) is 12.6 Å². The molecule has 1 heterocycles. The van der Waals surface area contributed by atoms with Crippen molar-refractivity contribution in [3.8, 4) is 0 Å². The molecular weight excluding hydrogens is 390 g/mol. The summed E-state index contributed by atoms with van der Waals surface area (Å²) >= 11 is 1.15. The third-order valence-corrected chi connectivity index (χ3v) is 6.11. The Morgan fingerprint density at radius 2 is 1.97 bits per heavy atom.